The molecule has 1 aromatic carbocycles. The lowest BCUT2D eigenvalue weighted by Gasteiger charge is -2.25. The summed E-state index contributed by atoms with van der Waals surface area (Å²) in [6, 6.07) is 7.69. The Morgan fingerprint density at radius 1 is 1.25 bits per heavy atom. The summed E-state index contributed by atoms with van der Waals surface area (Å²) < 4.78 is 6.27. The Kier molecular flexibility index (Phi) is 3.71. The van der Waals surface area contributed by atoms with E-state index < -0.39 is 9.71 Å². The van der Waals surface area contributed by atoms with E-state index >= 15 is 0 Å². The third kappa shape index (κ3) is 2.87. The Labute approximate surface area is 116 Å². The molecule has 2 rings (SSSR count). The topological polar surface area (TPSA) is 29.5 Å². The third-order valence-electron chi connectivity index (χ3n) is 2.14. The monoisotopic (exact) mass is 392 g/mol. The molecular weight excluding hydrogens is 383 g/mol. The average molecular weight is 393 g/mol. The van der Waals surface area contributed by atoms with E-state index in [2.05, 4.69) is 38.5 Å². The first-order valence-corrected chi connectivity index (χ1v) is 6.65. The van der Waals surface area contributed by atoms with E-state index in [4.69, 9.17) is 4.74 Å². The minimum atomic E-state index is -0.527. The summed E-state index contributed by atoms with van der Waals surface area (Å²) in [5.74, 6) is 0.780. The van der Waals surface area contributed by atoms with Crippen molar-refractivity contribution in [2.75, 3.05) is 0 Å². The van der Waals surface area contributed by atoms with Gasteiger partial charge in [-0.05, 0) is 62.8 Å². The lowest BCUT2D eigenvalue weighted by molar-refractivity contribution is 0.244. The van der Waals surface area contributed by atoms with Crippen LogP contribution in [0.25, 0.3) is 0 Å². The van der Waals surface area contributed by atoms with Gasteiger partial charge in [-0.1, -0.05) is 24.3 Å². The summed E-state index contributed by atoms with van der Waals surface area (Å²) in [4.78, 5) is 0. The maximum Gasteiger partial charge on any atom is 0.196 e. The van der Waals surface area contributed by atoms with Gasteiger partial charge in [-0.25, -0.2) is 0 Å². The Bertz CT molecular complexity index is 428. The summed E-state index contributed by atoms with van der Waals surface area (Å²) in [7, 11) is 0. The predicted octanol–water partition coefficient (Wildman–Crippen LogP) is 3.45. The minimum absolute atomic E-state index is 0.509. The van der Waals surface area contributed by atoms with E-state index in [1.165, 1.54) is 0 Å². The van der Waals surface area contributed by atoms with E-state index in [9.17, 15) is 5.11 Å². The van der Waals surface area contributed by atoms with E-state index in [0.29, 0.717) is 0 Å². The minimum Gasteiger partial charge on any atom is -0.468 e. The van der Waals surface area contributed by atoms with Crippen molar-refractivity contribution in [2.24, 2.45) is 0 Å². The maximum atomic E-state index is 9.32. The highest BCUT2D eigenvalue weighted by Gasteiger charge is 2.25. The van der Waals surface area contributed by atoms with Gasteiger partial charge in [0.2, 0.25) is 0 Å². The largest absolute Gasteiger partial charge is 0.468 e. The maximum absolute atomic E-state index is 9.32. The number of hydrogen-bond acceptors (Lipinski definition) is 2. The molecule has 0 aromatic heterocycles. The fourth-order valence-corrected chi connectivity index (χ4v) is 2.36. The van der Waals surface area contributed by atoms with Crippen LogP contribution < -0.4 is 4.74 Å². The van der Waals surface area contributed by atoms with Crippen LogP contribution in [0.3, 0.4) is 0 Å². The van der Waals surface area contributed by atoms with Gasteiger partial charge in [0.25, 0.3) is 0 Å². The zero-order chi connectivity index (χ0) is 11.6. The van der Waals surface area contributed by atoms with Gasteiger partial charge in [0, 0.05) is 0 Å². The molecule has 1 aliphatic rings. The molecule has 0 aliphatic heterocycles. The second-order valence-electron chi connectivity index (χ2n) is 3.44. The summed E-state index contributed by atoms with van der Waals surface area (Å²) >= 11 is 5.63. The fraction of sp³-hybridized carbons (Fsp3) is 0.167. The van der Waals surface area contributed by atoms with Gasteiger partial charge < -0.3 is 9.84 Å². The van der Waals surface area contributed by atoms with Crippen molar-refractivity contribution in [3.8, 4) is 5.75 Å². The van der Waals surface area contributed by atoms with Gasteiger partial charge in [0.05, 0.1) is 10.6 Å². The van der Waals surface area contributed by atoms with Crippen LogP contribution >= 0.6 is 38.5 Å². The Morgan fingerprint density at radius 2 is 1.88 bits per heavy atom. The molecule has 0 saturated heterocycles. The highest BCUT2D eigenvalue weighted by atomic mass is 127. The number of benzene rings is 1. The quantitative estimate of drug-likeness (QED) is 0.474. The van der Waals surface area contributed by atoms with Crippen LogP contribution in [0.2, 0.25) is 0 Å². The van der Waals surface area contributed by atoms with Crippen molar-refractivity contribution in [1.82, 2.24) is 0 Å². The molecule has 0 heterocycles. The molecule has 1 N–H and O–H groups in total. The Balaban J connectivity index is 2.19. The molecule has 1 aliphatic carbocycles. The third-order valence-corrected chi connectivity index (χ3v) is 3.74. The molecule has 0 bridgehead atoms. The van der Waals surface area contributed by atoms with Crippen molar-refractivity contribution in [3.05, 3.63) is 53.0 Å². The zero-order valence-electron chi connectivity index (χ0n) is 8.31. The standard InChI is InChI=1S/C12H10BrIO2/c13-10-3-1-2-4-11(10)16-12(14)7-5-9(15)6-8-12/h1-9,15H. The van der Waals surface area contributed by atoms with Crippen LogP contribution in [-0.4, -0.2) is 14.8 Å². The summed E-state index contributed by atoms with van der Waals surface area (Å²) in [5, 5.41) is 9.32. The van der Waals surface area contributed by atoms with Gasteiger partial charge in [0.15, 0.2) is 3.61 Å². The Morgan fingerprint density at radius 3 is 2.50 bits per heavy atom. The van der Waals surface area contributed by atoms with Gasteiger partial charge in [-0.2, -0.15) is 0 Å². The van der Waals surface area contributed by atoms with Crippen LogP contribution in [0.15, 0.2) is 53.0 Å². The number of aliphatic hydroxyl groups is 1. The molecule has 16 heavy (non-hydrogen) atoms. The Hall–Kier alpha value is -0.330. The summed E-state index contributed by atoms with van der Waals surface area (Å²) in [6.45, 7) is 0. The molecule has 0 amide bonds. The van der Waals surface area contributed by atoms with Crippen LogP contribution in [0.5, 0.6) is 5.75 Å². The molecular formula is C12H10BrIO2. The van der Waals surface area contributed by atoms with Crippen LogP contribution in [0.1, 0.15) is 0 Å². The lowest BCUT2D eigenvalue weighted by atomic mass is 10.1. The average Bonchev–Trinajstić information content (AvgIpc) is 2.27. The summed E-state index contributed by atoms with van der Waals surface area (Å²) in [5.41, 5.74) is 0. The SMILES string of the molecule is OC1C=CC(I)(Oc2ccccc2Br)C=C1. The van der Waals surface area contributed by atoms with E-state index in [1.54, 1.807) is 12.2 Å². The van der Waals surface area contributed by atoms with E-state index in [-0.39, 0.29) is 0 Å². The molecule has 1 aromatic rings. The number of para-hydroxylation sites is 1. The highest BCUT2D eigenvalue weighted by molar-refractivity contribution is 14.1. The smallest absolute Gasteiger partial charge is 0.196 e. The number of halogens is 2. The number of hydrogen-bond donors (Lipinski definition) is 1. The molecule has 0 atom stereocenters. The molecule has 4 heteroatoms. The summed E-state index contributed by atoms with van der Waals surface area (Å²) in [6.07, 6.45) is 6.60. The molecule has 0 spiro atoms. The van der Waals surface area contributed by atoms with Gasteiger partial charge >= 0.3 is 0 Å². The number of aliphatic hydroxyl groups excluding tert-OH is 1. The van der Waals surface area contributed by atoms with Crippen molar-refractivity contribution in [3.63, 3.8) is 0 Å². The fourth-order valence-electron chi connectivity index (χ4n) is 1.34. The molecule has 84 valence electrons. The van der Waals surface area contributed by atoms with Gasteiger partial charge in [-0.15, -0.1) is 0 Å². The van der Waals surface area contributed by atoms with Crippen LogP contribution in [0.4, 0.5) is 0 Å². The normalized spacial score (nSPS) is 28.1. The molecule has 2 nitrogen and oxygen atoms in total. The first kappa shape index (κ1) is 12.1. The zero-order valence-corrected chi connectivity index (χ0v) is 12.1. The van der Waals surface area contributed by atoms with E-state index in [1.807, 2.05) is 36.4 Å². The highest BCUT2D eigenvalue weighted by Crippen LogP contribution is 2.34. The number of alkyl halides is 1. The first-order valence-electron chi connectivity index (χ1n) is 4.78. The molecule has 0 unspecified atom stereocenters. The van der Waals surface area contributed by atoms with Crippen LogP contribution in [0, 0.1) is 0 Å². The molecule has 0 saturated carbocycles. The second kappa shape index (κ2) is 4.89. The molecule has 0 radical (unpaired) electrons. The van der Waals surface area contributed by atoms with Crippen molar-refractivity contribution in [2.45, 2.75) is 9.71 Å². The number of rotatable bonds is 2. The van der Waals surface area contributed by atoms with Crippen molar-refractivity contribution >= 4 is 38.5 Å². The molecule has 0 fully saturated rings. The predicted molar refractivity (Wildman–Crippen MR) is 75.8 cm³/mol. The van der Waals surface area contributed by atoms with E-state index in [0.717, 1.165) is 10.2 Å². The van der Waals surface area contributed by atoms with Crippen molar-refractivity contribution < 1.29 is 9.84 Å². The van der Waals surface area contributed by atoms with Gasteiger partial charge in [0.1, 0.15) is 5.75 Å². The van der Waals surface area contributed by atoms with Crippen molar-refractivity contribution in [1.29, 1.82) is 0 Å². The van der Waals surface area contributed by atoms with Gasteiger partial charge in [-0.3, -0.25) is 0 Å². The number of ether oxygens (including phenoxy) is 1. The second-order valence-corrected chi connectivity index (χ2v) is 5.98. The lowest BCUT2D eigenvalue weighted by Crippen LogP contribution is -2.26. The first-order chi connectivity index (χ1) is 7.59. The van der Waals surface area contributed by atoms with Crippen LogP contribution in [-0.2, 0) is 0 Å².